The van der Waals surface area contributed by atoms with Gasteiger partial charge in [-0.2, -0.15) is 18.3 Å². The first-order valence-electron chi connectivity index (χ1n) is 5.68. The molecule has 98 valence electrons. The Morgan fingerprint density at radius 1 is 1.47 bits per heavy atom. The van der Waals surface area contributed by atoms with E-state index < -0.39 is 12.6 Å². The molecular weight excluding hydrogens is 231 g/mol. The summed E-state index contributed by atoms with van der Waals surface area (Å²) in [4.78, 5) is 0. The predicted molar refractivity (Wildman–Crippen MR) is 59.7 cm³/mol. The van der Waals surface area contributed by atoms with E-state index in [9.17, 15) is 13.2 Å². The molecule has 17 heavy (non-hydrogen) atoms. The van der Waals surface area contributed by atoms with Crippen LogP contribution in [0.5, 0.6) is 0 Å². The number of likely N-dealkylation sites (N-methyl/N-ethyl adjacent to an activating group) is 1. The third-order valence-corrected chi connectivity index (χ3v) is 2.51. The second-order valence-electron chi connectivity index (χ2n) is 4.13. The molecule has 1 unspecified atom stereocenters. The van der Waals surface area contributed by atoms with E-state index in [1.807, 2.05) is 13.1 Å². The molecular formula is C11H18F3N3. The summed E-state index contributed by atoms with van der Waals surface area (Å²) in [7, 11) is 1.79. The van der Waals surface area contributed by atoms with Crippen molar-refractivity contribution in [2.45, 2.75) is 38.4 Å². The molecule has 1 atom stereocenters. The van der Waals surface area contributed by atoms with Crippen LogP contribution in [-0.2, 0) is 13.5 Å². The van der Waals surface area contributed by atoms with Crippen molar-refractivity contribution in [3.8, 4) is 0 Å². The number of aryl methyl sites for hydroxylation is 1. The molecule has 6 heteroatoms. The lowest BCUT2D eigenvalue weighted by Gasteiger charge is -2.17. The molecule has 0 saturated carbocycles. The quantitative estimate of drug-likeness (QED) is 0.838. The van der Waals surface area contributed by atoms with Gasteiger partial charge >= 0.3 is 6.18 Å². The van der Waals surface area contributed by atoms with E-state index >= 15 is 0 Å². The summed E-state index contributed by atoms with van der Waals surface area (Å²) < 4.78 is 38.1. The monoisotopic (exact) mass is 249 g/mol. The molecule has 0 aromatic carbocycles. The summed E-state index contributed by atoms with van der Waals surface area (Å²) in [6, 6.07) is -0.147. The van der Waals surface area contributed by atoms with Crippen molar-refractivity contribution in [2.75, 3.05) is 6.54 Å². The highest BCUT2D eigenvalue weighted by Gasteiger charge is 2.28. The lowest BCUT2D eigenvalue weighted by Crippen LogP contribution is -2.32. The molecule has 0 saturated heterocycles. The Hall–Kier alpha value is -1.04. The first kappa shape index (κ1) is 14.0. The third kappa shape index (κ3) is 5.72. The lowest BCUT2D eigenvalue weighted by atomic mass is 10.0. The third-order valence-electron chi connectivity index (χ3n) is 2.51. The molecule has 0 radical (unpaired) electrons. The van der Waals surface area contributed by atoms with Gasteiger partial charge in [-0.15, -0.1) is 0 Å². The summed E-state index contributed by atoms with van der Waals surface area (Å²) >= 11 is 0. The van der Waals surface area contributed by atoms with Crippen molar-refractivity contribution in [1.29, 1.82) is 0 Å². The molecule has 0 aliphatic rings. The number of nitrogens with zero attached hydrogens (tertiary/aromatic N) is 2. The summed E-state index contributed by atoms with van der Waals surface area (Å²) in [6.45, 7) is 2.56. The molecule has 3 nitrogen and oxygen atoms in total. The normalized spacial score (nSPS) is 13.9. The second kappa shape index (κ2) is 6.05. The van der Waals surface area contributed by atoms with Gasteiger partial charge in [0.1, 0.15) is 0 Å². The van der Waals surface area contributed by atoms with E-state index in [2.05, 4.69) is 10.4 Å². The molecule has 0 aliphatic heterocycles. The maximum atomic E-state index is 12.2. The fourth-order valence-corrected chi connectivity index (χ4v) is 1.76. The van der Waals surface area contributed by atoms with Gasteiger partial charge in [-0.1, -0.05) is 6.92 Å². The molecule has 0 fully saturated rings. The summed E-state index contributed by atoms with van der Waals surface area (Å²) in [5, 5.41) is 7.08. The molecule has 0 aliphatic carbocycles. The highest BCUT2D eigenvalue weighted by Crippen LogP contribution is 2.23. The molecule has 1 aromatic rings. The van der Waals surface area contributed by atoms with Crippen molar-refractivity contribution < 1.29 is 13.2 Å². The van der Waals surface area contributed by atoms with Gasteiger partial charge in [0, 0.05) is 25.7 Å². The van der Waals surface area contributed by atoms with Crippen LogP contribution in [-0.4, -0.2) is 28.5 Å². The van der Waals surface area contributed by atoms with Crippen molar-refractivity contribution in [3.05, 3.63) is 18.0 Å². The predicted octanol–water partition coefficient (Wildman–Crippen LogP) is 2.28. The Morgan fingerprint density at radius 2 is 2.18 bits per heavy atom. The molecule has 1 N–H and O–H groups in total. The van der Waals surface area contributed by atoms with Crippen LogP contribution in [0.3, 0.4) is 0 Å². The minimum Gasteiger partial charge on any atom is -0.314 e. The highest BCUT2D eigenvalue weighted by molar-refractivity contribution is 5.05. The van der Waals surface area contributed by atoms with Gasteiger partial charge in [0.05, 0.1) is 6.20 Å². The molecule has 1 heterocycles. The Balaban J connectivity index is 2.48. The smallest absolute Gasteiger partial charge is 0.314 e. The first-order chi connectivity index (χ1) is 7.90. The number of hydrogen-bond acceptors (Lipinski definition) is 2. The minimum absolute atomic E-state index is 0.103. The van der Waals surface area contributed by atoms with Crippen LogP contribution in [0.4, 0.5) is 13.2 Å². The Labute approximate surface area is 99.0 Å². The Morgan fingerprint density at radius 3 is 2.65 bits per heavy atom. The zero-order chi connectivity index (χ0) is 12.9. The van der Waals surface area contributed by atoms with E-state index in [4.69, 9.17) is 0 Å². The van der Waals surface area contributed by atoms with Gasteiger partial charge < -0.3 is 5.32 Å². The van der Waals surface area contributed by atoms with Gasteiger partial charge in [-0.25, -0.2) is 0 Å². The number of halogens is 3. The van der Waals surface area contributed by atoms with Crippen LogP contribution in [0, 0.1) is 0 Å². The number of hydrogen-bond donors (Lipinski definition) is 1. The van der Waals surface area contributed by atoms with Gasteiger partial charge in [-0.3, -0.25) is 4.68 Å². The van der Waals surface area contributed by atoms with E-state index in [1.54, 1.807) is 17.9 Å². The number of rotatable bonds is 6. The van der Waals surface area contributed by atoms with Crippen molar-refractivity contribution in [3.63, 3.8) is 0 Å². The van der Waals surface area contributed by atoms with Gasteiger partial charge in [-0.05, 0) is 24.9 Å². The lowest BCUT2D eigenvalue weighted by molar-refractivity contribution is -0.136. The second-order valence-corrected chi connectivity index (χ2v) is 4.13. The van der Waals surface area contributed by atoms with Crippen LogP contribution in [0.1, 0.15) is 25.3 Å². The van der Waals surface area contributed by atoms with Crippen LogP contribution in [0.15, 0.2) is 12.4 Å². The van der Waals surface area contributed by atoms with E-state index in [-0.39, 0.29) is 12.5 Å². The Bertz CT molecular complexity index is 333. The van der Waals surface area contributed by atoms with E-state index in [0.29, 0.717) is 13.0 Å². The Kier molecular flexibility index (Phi) is 4.99. The molecule has 0 bridgehead atoms. The van der Waals surface area contributed by atoms with Gasteiger partial charge in [0.25, 0.3) is 0 Å². The maximum absolute atomic E-state index is 12.2. The average molecular weight is 249 g/mol. The van der Waals surface area contributed by atoms with Crippen molar-refractivity contribution in [1.82, 2.24) is 15.1 Å². The summed E-state index contributed by atoms with van der Waals surface area (Å²) in [5.41, 5.74) is 0.959. The van der Waals surface area contributed by atoms with Crippen molar-refractivity contribution >= 4 is 0 Å². The molecule has 1 rings (SSSR count). The zero-order valence-corrected chi connectivity index (χ0v) is 10.1. The molecule has 1 aromatic heterocycles. The van der Waals surface area contributed by atoms with Crippen molar-refractivity contribution in [2.24, 2.45) is 7.05 Å². The fraction of sp³-hybridized carbons (Fsp3) is 0.727. The number of alkyl halides is 3. The standard InChI is InChI=1S/C11H18F3N3/c1-3-15-10(4-5-11(12,13)14)6-9-7-16-17(2)8-9/h7-8,10,15H,3-6H2,1-2H3. The van der Waals surface area contributed by atoms with Crippen LogP contribution in [0.2, 0.25) is 0 Å². The van der Waals surface area contributed by atoms with E-state index in [0.717, 1.165) is 5.56 Å². The SMILES string of the molecule is CCNC(CCC(F)(F)F)Cc1cnn(C)c1. The zero-order valence-electron chi connectivity index (χ0n) is 10.1. The maximum Gasteiger partial charge on any atom is 0.389 e. The van der Waals surface area contributed by atoms with Crippen LogP contribution in [0.25, 0.3) is 0 Å². The van der Waals surface area contributed by atoms with Crippen LogP contribution >= 0.6 is 0 Å². The van der Waals surface area contributed by atoms with E-state index in [1.165, 1.54) is 0 Å². The summed E-state index contributed by atoms with van der Waals surface area (Å²) in [6.07, 6.45) is -0.618. The number of aromatic nitrogens is 2. The van der Waals surface area contributed by atoms with Gasteiger partial charge in [0.15, 0.2) is 0 Å². The topological polar surface area (TPSA) is 29.9 Å². The largest absolute Gasteiger partial charge is 0.389 e. The highest BCUT2D eigenvalue weighted by atomic mass is 19.4. The average Bonchev–Trinajstić information content (AvgIpc) is 2.60. The van der Waals surface area contributed by atoms with Crippen LogP contribution < -0.4 is 5.32 Å². The summed E-state index contributed by atoms with van der Waals surface area (Å²) in [5.74, 6) is 0. The molecule has 0 spiro atoms. The fourth-order valence-electron chi connectivity index (χ4n) is 1.76. The first-order valence-corrected chi connectivity index (χ1v) is 5.68. The van der Waals surface area contributed by atoms with Gasteiger partial charge in [0.2, 0.25) is 0 Å². The minimum atomic E-state index is -4.08. The number of nitrogens with one attached hydrogen (secondary N) is 1. The molecule has 0 amide bonds.